The van der Waals surface area contributed by atoms with Gasteiger partial charge in [-0.1, -0.05) is 13.8 Å². The minimum absolute atomic E-state index is 0.186. The van der Waals surface area contributed by atoms with E-state index in [9.17, 15) is 9.18 Å². The third-order valence-electron chi connectivity index (χ3n) is 5.52. The highest BCUT2D eigenvalue weighted by molar-refractivity contribution is 5.95. The van der Waals surface area contributed by atoms with E-state index >= 15 is 0 Å². The van der Waals surface area contributed by atoms with Crippen LogP contribution in [0.1, 0.15) is 32.3 Å². The van der Waals surface area contributed by atoms with Crippen molar-refractivity contribution in [3.05, 3.63) is 42.0 Å². The number of ether oxygens (including phenoxy) is 1. The lowest BCUT2D eigenvalue weighted by Gasteiger charge is -2.32. The van der Waals surface area contributed by atoms with Gasteiger partial charge in [-0.25, -0.2) is 19.2 Å². The summed E-state index contributed by atoms with van der Waals surface area (Å²) in [6.07, 6.45) is 2.45. The lowest BCUT2D eigenvalue weighted by atomic mass is 9.97. The molecule has 0 spiro atoms. The molecule has 35 heavy (non-hydrogen) atoms. The number of hydrogen-bond acceptors (Lipinski definition) is 10. The van der Waals surface area contributed by atoms with Crippen LogP contribution in [-0.4, -0.2) is 65.5 Å². The molecule has 0 amide bonds. The molecule has 1 aliphatic rings. The molecule has 3 rings (SSSR count). The van der Waals surface area contributed by atoms with E-state index in [2.05, 4.69) is 15.3 Å². The van der Waals surface area contributed by atoms with Crippen LogP contribution in [0.4, 0.5) is 26.5 Å². The van der Waals surface area contributed by atoms with Crippen LogP contribution in [0.5, 0.6) is 0 Å². The summed E-state index contributed by atoms with van der Waals surface area (Å²) in [6.45, 7) is 6.27. The highest BCUT2D eigenvalue weighted by Gasteiger charge is 2.24. The molecule has 1 aromatic heterocycles. The van der Waals surface area contributed by atoms with Gasteiger partial charge < -0.3 is 19.8 Å². The van der Waals surface area contributed by atoms with Crippen molar-refractivity contribution in [2.45, 2.75) is 26.7 Å². The van der Waals surface area contributed by atoms with Crippen molar-refractivity contribution < 1.29 is 24.0 Å². The molecular formula is C23H32FN7O4. The maximum atomic E-state index is 14.4. The van der Waals surface area contributed by atoms with Crippen molar-refractivity contribution in [3.63, 3.8) is 0 Å². The van der Waals surface area contributed by atoms with Gasteiger partial charge in [0.15, 0.2) is 0 Å². The highest BCUT2D eigenvalue weighted by Crippen LogP contribution is 2.24. The number of rotatable bonds is 9. The summed E-state index contributed by atoms with van der Waals surface area (Å²) in [5, 5.41) is 20.9. The number of piperidine rings is 1. The van der Waals surface area contributed by atoms with E-state index in [-0.39, 0.29) is 23.0 Å². The maximum absolute atomic E-state index is 14.4. The smallest absolute Gasteiger partial charge is 0.433 e. The maximum Gasteiger partial charge on any atom is 0.527 e. The number of halogens is 1. The van der Waals surface area contributed by atoms with E-state index in [4.69, 9.17) is 20.2 Å². The zero-order chi connectivity index (χ0) is 25.4. The summed E-state index contributed by atoms with van der Waals surface area (Å²) in [6, 6.07) is 5.84. The third-order valence-corrected chi connectivity index (χ3v) is 5.52. The molecule has 11 nitrogen and oxygen atoms in total. The van der Waals surface area contributed by atoms with Gasteiger partial charge in [0.05, 0.1) is 12.3 Å². The Labute approximate surface area is 203 Å². The Bertz CT molecular complexity index is 1020. The number of carbonyl (C=O) groups excluding carboxylic acids is 1. The summed E-state index contributed by atoms with van der Waals surface area (Å²) < 4.78 is 19.5. The monoisotopic (exact) mass is 489 g/mol. The average Bonchev–Trinajstić information content (AvgIpc) is 2.85. The van der Waals surface area contributed by atoms with Crippen LogP contribution in [0.2, 0.25) is 0 Å². The van der Waals surface area contributed by atoms with Crippen LogP contribution in [0.15, 0.2) is 30.6 Å². The third kappa shape index (κ3) is 7.76. The van der Waals surface area contributed by atoms with Gasteiger partial charge in [-0.15, -0.1) is 5.06 Å². The summed E-state index contributed by atoms with van der Waals surface area (Å²) in [7, 11) is 1.93. The summed E-state index contributed by atoms with van der Waals surface area (Å²) >= 11 is 0. The Hall–Kier alpha value is -3.51. The second kappa shape index (κ2) is 12.3. The van der Waals surface area contributed by atoms with Gasteiger partial charge in [0.2, 0.25) is 0 Å². The zero-order valence-corrected chi connectivity index (χ0v) is 20.1. The highest BCUT2D eigenvalue weighted by atomic mass is 19.1. The summed E-state index contributed by atoms with van der Waals surface area (Å²) in [5.41, 5.74) is 2.09. The number of hydrogen-bond donors (Lipinski definition) is 4. The van der Waals surface area contributed by atoms with Crippen LogP contribution >= 0.6 is 0 Å². The van der Waals surface area contributed by atoms with Crippen LogP contribution in [0.25, 0.3) is 0 Å². The van der Waals surface area contributed by atoms with Gasteiger partial charge in [-0.05, 0) is 42.9 Å². The Kier molecular flexibility index (Phi) is 9.15. The van der Waals surface area contributed by atoms with Gasteiger partial charge in [0.1, 0.15) is 29.6 Å². The SMILES string of the molecule is CC(C)COC(=O)ON1CCC(CN(C)c2cc(Nc3ccc(C(=N)NO)cc3F)ncn2)CC1. The van der Waals surface area contributed by atoms with Gasteiger partial charge in [0.25, 0.3) is 0 Å². The normalized spacial score (nSPS) is 14.5. The number of nitrogens with one attached hydrogen (secondary N) is 3. The topological polar surface area (TPSA) is 136 Å². The predicted octanol–water partition coefficient (Wildman–Crippen LogP) is 3.54. The van der Waals surface area contributed by atoms with Crippen molar-refractivity contribution in [1.82, 2.24) is 20.5 Å². The number of aromatic nitrogens is 2. The Morgan fingerprint density at radius 3 is 2.71 bits per heavy atom. The molecule has 1 aliphatic heterocycles. The first kappa shape index (κ1) is 26.1. The lowest BCUT2D eigenvalue weighted by molar-refractivity contribution is -0.143. The van der Waals surface area contributed by atoms with E-state index in [1.54, 1.807) is 16.6 Å². The standard InChI is InChI=1S/C23H32FN7O4/c1-15(2)13-34-23(32)35-31-8-6-16(7-9-31)12-30(3)21-11-20(26-14-27-21)28-19-5-4-17(10-18(19)24)22(25)29-33/h4-5,10-11,14-16,33H,6-9,12-13H2,1-3H3,(H2,25,29)(H,26,27,28). The molecule has 0 atom stereocenters. The molecule has 4 N–H and O–H groups in total. The molecule has 2 heterocycles. The second-order valence-electron chi connectivity index (χ2n) is 8.87. The molecule has 1 aromatic carbocycles. The number of carbonyl (C=O) groups is 1. The first-order valence-electron chi connectivity index (χ1n) is 11.4. The molecule has 190 valence electrons. The van der Waals surface area contributed by atoms with Gasteiger partial charge in [0, 0.05) is 38.3 Å². The largest absolute Gasteiger partial charge is 0.527 e. The van der Waals surface area contributed by atoms with E-state index in [1.165, 1.54) is 18.5 Å². The fourth-order valence-electron chi connectivity index (χ4n) is 3.63. The molecule has 0 radical (unpaired) electrons. The molecule has 1 saturated heterocycles. The van der Waals surface area contributed by atoms with Crippen molar-refractivity contribution in [1.29, 1.82) is 5.41 Å². The number of benzene rings is 1. The quantitative estimate of drug-likeness (QED) is 0.179. The van der Waals surface area contributed by atoms with E-state index in [0.717, 1.165) is 25.5 Å². The number of anilines is 3. The Balaban J connectivity index is 1.51. The van der Waals surface area contributed by atoms with E-state index < -0.39 is 12.0 Å². The molecule has 1 fully saturated rings. The lowest BCUT2D eigenvalue weighted by Crippen LogP contribution is -2.39. The minimum atomic E-state index is -0.662. The molecule has 0 bridgehead atoms. The molecular weight excluding hydrogens is 457 g/mol. The van der Waals surface area contributed by atoms with Gasteiger partial charge in [-0.2, -0.15) is 0 Å². The number of amidine groups is 1. The molecule has 2 aromatic rings. The Morgan fingerprint density at radius 1 is 1.31 bits per heavy atom. The van der Waals surface area contributed by atoms with Crippen molar-refractivity contribution in [3.8, 4) is 0 Å². The molecule has 0 unspecified atom stereocenters. The minimum Gasteiger partial charge on any atom is -0.433 e. The summed E-state index contributed by atoms with van der Waals surface area (Å²) in [4.78, 5) is 27.5. The molecule has 0 aliphatic carbocycles. The van der Waals surface area contributed by atoms with Crippen molar-refractivity contribution >= 4 is 29.3 Å². The Morgan fingerprint density at radius 2 is 2.06 bits per heavy atom. The van der Waals surface area contributed by atoms with Crippen molar-refractivity contribution in [2.24, 2.45) is 11.8 Å². The van der Waals surface area contributed by atoms with Crippen LogP contribution in [-0.2, 0) is 9.57 Å². The first-order valence-corrected chi connectivity index (χ1v) is 11.4. The van der Waals surface area contributed by atoms with Crippen LogP contribution in [0.3, 0.4) is 0 Å². The average molecular weight is 490 g/mol. The fourth-order valence-corrected chi connectivity index (χ4v) is 3.63. The molecule has 0 saturated carbocycles. The first-order chi connectivity index (χ1) is 16.7. The second-order valence-corrected chi connectivity index (χ2v) is 8.87. The fraction of sp³-hybridized carbons (Fsp3) is 0.478. The van der Waals surface area contributed by atoms with Crippen molar-refractivity contribution in [2.75, 3.05) is 43.5 Å². The van der Waals surface area contributed by atoms with Gasteiger partial charge >= 0.3 is 6.16 Å². The predicted molar refractivity (Wildman–Crippen MR) is 128 cm³/mol. The summed E-state index contributed by atoms with van der Waals surface area (Å²) in [5.74, 6) is 0.862. The molecule has 12 heteroatoms. The van der Waals surface area contributed by atoms with Crippen LogP contribution < -0.4 is 15.7 Å². The number of hydroxylamine groups is 3. The van der Waals surface area contributed by atoms with E-state index in [1.807, 2.05) is 25.8 Å². The zero-order valence-electron chi connectivity index (χ0n) is 20.1. The number of nitrogens with zero attached hydrogens (tertiary/aromatic N) is 4. The van der Waals surface area contributed by atoms with Gasteiger partial charge in [-0.3, -0.25) is 16.1 Å². The van der Waals surface area contributed by atoms with E-state index in [0.29, 0.717) is 37.3 Å². The van der Waals surface area contributed by atoms with Crippen LogP contribution in [0, 0.1) is 23.1 Å².